The molecule has 2 nitrogen and oxygen atoms in total. The molecule has 0 bridgehead atoms. The maximum atomic E-state index is 3.89. The van der Waals surface area contributed by atoms with E-state index in [1.807, 2.05) is 0 Å². The largest absolute Gasteiger partial charge is 0.308 e. The molecule has 1 aliphatic heterocycles. The van der Waals surface area contributed by atoms with Crippen LogP contribution in [0.1, 0.15) is 45.6 Å². The first-order valence-corrected chi connectivity index (χ1v) is 8.14. The molecule has 1 N–H and O–H groups in total. The minimum Gasteiger partial charge on any atom is -0.308 e. The molecule has 1 aromatic rings. The lowest BCUT2D eigenvalue weighted by molar-refractivity contribution is 0.0103. The summed E-state index contributed by atoms with van der Waals surface area (Å²) in [5.74, 6) is 0.891. The van der Waals surface area contributed by atoms with Gasteiger partial charge in [0.25, 0.3) is 0 Å². The fourth-order valence-electron chi connectivity index (χ4n) is 3.78. The quantitative estimate of drug-likeness (QED) is 0.904. The van der Waals surface area contributed by atoms with E-state index >= 15 is 0 Å². The second kappa shape index (κ2) is 5.16. The SMILES string of the molecule is CCCN1CC(C)(C2CC2)NCC1(C)c1ccccc1. The Labute approximate surface area is 123 Å². The molecule has 2 heteroatoms. The van der Waals surface area contributed by atoms with E-state index in [1.54, 1.807) is 0 Å². The van der Waals surface area contributed by atoms with Gasteiger partial charge >= 0.3 is 0 Å². The molecule has 1 aliphatic carbocycles. The average molecular weight is 272 g/mol. The highest BCUT2D eigenvalue weighted by Gasteiger charge is 2.49. The summed E-state index contributed by atoms with van der Waals surface area (Å²) in [5, 5.41) is 3.89. The topological polar surface area (TPSA) is 15.3 Å². The fourth-order valence-corrected chi connectivity index (χ4v) is 3.78. The van der Waals surface area contributed by atoms with Gasteiger partial charge in [-0.2, -0.15) is 0 Å². The first-order chi connectivity index (χ1) is 9.58. The summed E-state index contributed by atoms with van der Waals surface area (Å²) in [5.41, 5.74) is 1.90. The number of nitrogens with zero attached hydrogens (tertiary/aromatic N) is 1. The fraction of sp³-hybridized carbons (Fsp3) is 0.667. The second-order valence-electron chi connectivity index (χ2n) is 7.11. The number of benzene rings is 1. The Bertz CT molecular complexity index is 454. The number of piperazine rings is 1. The molecule has 1 saturated carbocycles. The Morgan fingerprint density at radius 1 is 1.20 bits per heavy atom. The lowest BCUT2D eigenvalue weighted by atomic mass is 9.81. The molecule has 0 radical (unpaired) electrons. The Morgan fingerprint density at radius 3 is 2.50 bits per heavy atom. The van der Waals surface area contributed by atoms with E-state index in [1.165, 1.54) is 37.9 Å². The lowest BCUT2D eigenvalue weighted by Gasteiger charge is -2.53. The Morgan fingerprint density at radius 2 is 1.90 bits per heavy atom. The zero-order valence-electron chi connectivity index (χ0n) is 13.2. The van der Waals surface area contributed by atoms with Gasteiger partial charge in [0.2, 0.25) is 0 Å². The standard InChI is InChI=1S/C18H28N2/c1-4-12-20-14-17(2,15-10-11-15)19-13-18(20,3)16-8-6-5-7-9-16/h5-9,15,19H,4,10-14H2,1-3H3. The molecule has 0 spiro atoms. The maximum absolute atomic E-state index is 3.89. The van der Waals surface area contributed by atoms with Crippen LogP contribution >= 0.6 is 0 Å². The molecule has 2 fully saturated rings. The number of nitrogens with one attached hydrogen (secondary N) is 1. The Hall–Kier alpha value is -0.860. The third-order valence-corrected chi connectivity index (χ3v) is 5.42. The minimum absolute atomic E-state index is 0.131. The van der Waals surface area contributed by atoms with Crippen molar-refractivity contribution in [2.24, 2.45) is 5.92 Å². The molecule has 0 aromatic heterocycles. The van der Waals surface area contributed by atoms with E-state index < -0.39 is 0 Å². The van der Waals surface area contributed by atoms with E-state index in [0.29, 0.717) is 5.54 Å². The molecule has 2 unspecified atom stereocenters. The summed E-state index contributed by atoms with van der Waals surface area (Å²) < 4.78 is 0. The number of rotatable bonds is 4. The predicted octanol–water partition coefficient (Wildman–Crippen LogP) is 3.39. The van der Waals surface area contributed by atoms with Gasteiger partial charge in [0.1, 0.15) is 0 Å². The van der Waals surface area contributed by atoms with E-state index in [4.69, 9.17) is 0 Å². The van der Waals surface area contributed by atoms with Crippen LogP contribution in [0.5, 0.6) is 0 Å². The average Bonchev–Trinajstić information content (AvgIpc) is 3.30. The van der Waals surface area contributed by atoms with Crippen LogP contribution in [-0.2, 0) is 5.54 Å². The monoisotopic (exact) mass is 272 g/mol. The highest BCUT2D eigenvalue weighted by Crippen LogP contribution is 2.44. The molecule has 1 saturated heterocycles. The van der Waals surface area contributed by atoms with Gasteiger partial charge in [0, 0.05) is 18.6 Å². The highest BCUT2D eigenvalue weighted by molar-refractivity contribution is 5.26. The molecule has 2 atom stereocenters. The van der Waals surface area contributed by atoms with Crippen LogP contribution in [0.4, 0.5) is 0 Å². The summed E-state index contributed by atoms with van der Waals surface area (Å²) in [7, 11) is 0. The van der Waals surface area contributed by atoms with Crippen LogP contribution in [-0.4, -0.2) is 30.1 Å². The van der Waals surface area contributed by atoms with Crippen LogP contribution in [0.15, 0.2) is 30.3 Å². The van der Waals surface area contributed by atoms with Crippen molar-refractivity contribution in [3.63, 3.8) is 0 Å². The summed E-state index contributed by atoms with van der Waals surface area (Å²) in [4.78, 5) is 2.72. The molecule has 3 rings (SSSR count). The van der Waals surface area contributed by atoms with Crippen molar-refractivity contribution in [2.45, 2.75) is 51.1 Å². The van der Waals surface area contributed by atoms with Crippen LogP contribution in [0.25, 0.3) is 0 Å². The van der Waals surface area contributed by atoms with Crippen LogP contribution < -0.4 is 5.32 Å². The molecular weight excluding hydrogens is 244 g/mol. The van der Waals surface area contributed by atoms with Gasteiger partial charge in [-0.05, 0) is 51.1 Å². The number of hydrogen-bond donors (Lipinski definition) is 1. The lowest BCUT2D eigenvalue weighted by Crippen LogP contribution is -2.67. The van der Waals surface area contributed by atoms with Gasteiger partial charge in [0.15, 0.2) is 0 Å². The van der Waals surface area contributed by atoms with Gasteiger partial charge in [-0.25, -0.2) is 0 Å². The first-order valence-electron chi connectivity index (χ1n) is 8.14. The first kappa shape index (κ1) is 14.1. The Balaban J connectivity index is 1.87. The normalized spacial score (nSPS) is 35.1. The second-order valence-corrected chi connectivity index (χ2v) is 7.11. The summed E-state index contributed by atoms with van der Waals surface area (Å²) in [6, 6.07) is 11.0. The van der Waals surface area contributed by atoms with Crippen molar-refractivity contribution in [1.82, 2.24) is 10.2 Å². The van der Waals surface area contributed by atoms with E-state index in [2.05, 4.69) is 61.3 Å². The van der Waals surface area contributed by atoms with Crippen molar-refractivity contribution < 1.29 is 0 Å². The molecule has 0 amide bonds. The van der Waals surface area contributed by atoms with E-state index in [9.17, 15) is 0 Å². The van der Waals surface area contributed by atoms with Crippen molar-refractivity contribution in [2.75, 3.05) is 19.6 Å². The van der Waals surface area contributed by atoms with Crippen LogP contribution in [0, 0.1) is 5.92 Å². The van der Waals surface area contributed by atoms with Crippen molar-refractivity contribution in [3.05, 3.63) is 35.9 Å². The summed E-state index contributed by atoms with van der Waals surface area (Å²) >= 11 is 0. The van der Waals surface area contributed by atoms with Crippen molar-refractivity contribution in [1.29, 1.82) is 0 Å². The summed E-state index contributed by atoms with van der Waals surface area (Å²) in [6.45, 7) is 10.5. The van der Waals surface area contributed by atoms with Crippen LogP contribution in [0.2, 0.25) is 0 Å². The van der Waals surface area contributed by atoms with Crippen LogP contribution in [0.3, 0.4) is 0 Å². The van der Waals surface area contributed by atoms with Gasteiger partial charge in [-0.15, -0.1) is 0 Å². The van der Waals surface area contributed by atoms with E-state index in [-0.39, 0.29) is 5.54 Å². The highest BCUT2D eigenvalue weighted by atomic mass is 15.3. The minimum atomic E-state index is 0.131. The molecule has 20 heavy (non-hydrogen) atoms. The summed E-state index contributed by atoms with van der Waals surface area (Å²) in [6.07, 6.45) is 4.04. The predicted molar refractivity (Wildman–Crippen MR) is 84.8 cm³/mol. The molecule has 2 aliphatic rings. The molecule has 1 heterocycles. The zero-order valence-corrected chi connectivity index (χ0v) is 13.2. The van der Waals surface area contributed by atoms with Gasteiger partial charge in [-0.3, -0.25) is 4.90 Å². The molecule has 110 valence electrons. The molecular formula is C18H28N2. The van der Waals surface area contributed by atoms with Gasteiger partial charge in [-0.1, -0.05) is 37.3 Å². The smallest absolute Gasteiger partial charge is 0.0558 e. The van der Waals surface area contributed by atoms with Gasteiger partial charge < -0.3 is 5.32 Å². The third kappa shape index (κ3) is 2.40. The number of hydrogen-bond acceptors (Lipinski definition) is 2. The zero-order chi connectivity index (χ0) is 14.2. The van der Waals surface area contributed by atoms with Crippen molar-refractivity contribution >= 4 is 0 Å². The Kier molecular flexibility index (Phi) is 3.64. The third-order valence-electron chi connectivity index (χ3n) is 5.42. The van der Waals surface area contributed by atoms with E-state index in [0.717, 1.165) is 12.5 Å². The molecule has 1 aromatic carbocycles. The maximum Gasteiger partial charge on any atom is 0.0558 e. The van der Waals surface area contributed by atoms with Gasteiger partial charge in [0.05, 0.1) is 5.54 Å². The van der Waals surface area contributed by atoms with Crippen molar-refractivity contribution in [3.8, 4) is 0 Å².